The van der Waals surface area contributed by atoms with Crippen molar-refractivity contribution in [3.63, 3.8) is 0 Å². The molecular weight excluding hydrogens is 278 g/mol. The fraction of sp³-hybridized carbons (Fsp3) is 0.533. The molecule has 0 aromatic heterocycles. The molecule has 0 heterocycles. The van der Waals surface area contributed by atoms with E-state index in [4.69, 9.17) is 21.1 Å². The van der Waals surface area contributed by atoms with Gasteiger partial charge in [0.05, 0.1) is 23.8 Å². The molecule has 0 radical (unpaired) electrons. The van der Waals surface area contributed by atoms with Crippen LogP contribution in [-0.4, -0.2) is 32.3 Å². The minimum Gasteiger partial charge on any atom is -0.465 e. The van der Waals surface area contributed by atoms with Crippen molar-refractivity contribution in [2.24, 2.45) is 0 Å². The number of rotatable bonds is 4. The van der Waals surface area contributed by atoms with E-state index in [0.29, 0.717) is 22.7 Å². The summed E-state index contributed by atoms with van der Waals surface area (Å²) in [6.45, 7) is 0. The number of anilines is 1. The molecule has 1 aliphatic carbocycles. The van der Waals surface area contributed by atoms with Gasteiger partial charge in [-0.3, -0.25) is 0 Å². The van der Waals surface area contributed by atoms with Gasteiger partial charge in [0.15, 0.2) is 0 Å². The fourth-order valence-electron chi connectivity index (χ4n) is 2.61. The second kappa shape index (κ2) is 6.95. The minimum absolute atomic E-state index is 0.314. The van der Waals surface area contributed by atoms with Crippen LogP contribution in [0.5, 0.6) is 0 Å². The monoisotopic (exact) mass is 297 g/mol. The van der Waals surface area contributed by atoms with Crippen LogP contribution in [0.3, 0.4) is 0 Å². The molecule has 4 nitrogen and oxygen atoms in total. The van der Waals surface area contributed by atoms with Crippen LogP contribution in [0.4, 0.5) is 5.69 Å². The Morgan fingerprint density at radius 1 is 1.35 bits per heavy atom. The summed E-state index contributed by atoms with van der Waals surface area (Å²) >= 11 is 6.01. The zero-order chi connectivity index (χ0) is 14.5. The maximum atomic E-state index is 11.6. The van der Waals surface area contributed by atoms with Gasteiger partial charge in [-0.05, 0) is 43.9 Å². The third-order valence-corrected chi connectivity index (χ3v) is 4.03. The highest BCUT2D eigenvalue weighted by Gasteiger charge is 2.22. The van der Waals surface area contributed by atoms with Crippen molar-refractivity contribution >= 4 is 23.3 Å². The van der Waals surface area contributed by atoms with Crippen LogP contribution in [0, 0.1) is 0 Å². The molecule has 1 saturated carbocycles. The highest BCUT2D eigenvalue weighted by Crippen LogP contribution is 2.26. The number of carbonyl (C=O) groups excluding carboxylic acids is 1. The molecule has 1 aromatic carbocycles. The fourth-order valence-corrected chi connectivity index (χ4v) is 2.80. The zero-order valence-electron chi connectivity index (χ0n) is 11.8. The summed E-state index contributed by atoms with van der Waals surface area (Å²) in [5, 5.41) is 3.85. The lowest BCUT2D eigenvalue weighted by molar-refractivity contribution is 0.0600. The van der Waals surface area contributed by atoms with Crippen molar-refractivity contribution in [1.29, 1.82) is 0 Å². The van der Waals surface area contributed by atoms with Crippen molar-refractivity contribution in [2.75, 3.05) is 19.5 Å². The number of methoxy groups -OCH3 is 2. The first-order valence-electron chi connectivity index (χ1n) is 6.81. The van der Waals surface area contributed by atoms with E-state index in [2.05, 4.69) is 5.32 Å². The van der Waals surface area contributed by atoms with E-state index in [-0.39, 0.29) is 0 Å². The largest absolute Gasteiger partial charge is 0.465 e. The van der Waals surface area contributed by atoms with E-state index in [9.17, 15) is 4.79 Å². The Kier molecular flexibility index (Phi) is 5.26. The van der Waals surface area contributed by atoms with Crippen molar-refractivity contribution < 1.29 is 14.3 Å². The molecule has 0 aliphatic heterocycles. The maximum Gasteiger partial charge on any atom is 0.339 e. The average Bonchev–Trinajstić information content (AvgIpc) is 2.48. The van der Waals surface area contributed by atoms with E-state index in [1.165, 1.54) is 7.11 Å². The van der Waals surface area contributed by atoms with Crippen molar-refractivity contribution in [2.45, 2.75) is 37.8 Å². The molecule has 1 aromatic rings. The molecule has 0 saturated heterocycles. The van der Waals surface area contributed by atoms with Gasteiger partial charge in [0.2, 0.25) is 0 Å². The highest BCUT2D eigenvalue weighted by atomic mass is 35.5. The Labute approximate surface area is 124 Å². The predicted molar refractivity (Wildman–Crippen MR) is 79.5 cm³/mol. The molecule has 0 amide bonds. The van der Waals surface area contributed by atoms with Crippen LogP contribution in [0.1, 0.15) is 36.0 Å². The highest BCUT2D eigenvalue weighted by molar-refractivity contribution is 6.33. The summed E-state index contributed by atoms with van der Waals surface area (Å²) in [4.78, 5) is 11.6. The minimum atomic E-state index is -0.419. The normalized spacial score (nSPS) is 22.4. The lowest BCUT2D eigenvalue weighted by atomic mass is 9.92. The van der Waals surface area contributed by atoms with E-state index >= 15 is 0 Å². The first kappa shape index (κ1) is 15.1. The van der Waals surface area contributed by atoms with Gasteiger partial charge in [-0.2, -0.15) is 0 Å². The van der Waals surface area contributed by atoms with Gasteiger partial charge in [0.25, 0.3) is 0 Å². The van der Waals surface area contributed by atoms with Gasteiger partial charge in [0, 0.05) is 18.8 Å². The number of hydrogen-bond donors (Lipinski definition) is 1. The molecular formula is C15H20ClNO3. The van der Waals surface area contributed by atoms with E-state index < -0.39 is 5.97 Å². The summed E-state index contributed by atoms with van der Waals surface area (Å²) in [6.07, 6.45) is 4.66. The first-order chi connectivity index (χ1) is 9.63. The first-order valence-corrected chi connectivity index (χ1v) is 7.19. The molecule has 2 atom stereocenters. The molecule has 1 aliphatic rings. The summed E-state index contributed by atoms with van der Waals surface area (Å²) in [7, 11) is 3.10. The van der Waals surface area contributed by atoms with E-state index in [1.807, 2.05) is 6.07 Å². The maximum absolute atomic E-state index is 11.6. The Balaban J connectivity index is 2.07. The second-order valence-corrected chi connectivity index (χ2v) is 5.46. The number of carbonyl (C=O) groups is 1. The molecule has 1 N–H and O–H groups in total. The van der Waals surface area contributed by atoms with Crippen molar-refractivity contribution in [3.05, 3.63) is 28.8 Å². The topological polar surface area (TPSA) is 47.6 Å². The summed E-state index contributed by atoms with van der Waals surface area (Å²) < 4.78 is 10.1. The molecule has 5 heteroatoms. The summed E-state index contributed by atoms with van der Waals surface area (Å²) in [5.74, 6) is -0.419. The molecule has 2 unspecified atom stereocenters. The Morgan fingerprint density at radius 3 is 2.85 bits per heavy atom. The molecule has 0 bridgehead atoms. The van der Waals surface area contributed by atoms with E-state index in [1.54, 1.807) is 19.2 Å². The lowest BCUT2D eigenvalue weighted by Crippen LogP contribution is -2.31. The van der Waals surface area contributed by atoms with Gasteiger partial charge in [-0.1, -0.05) is 11.6 Å². The van der Waals surface area contributed by atoms with Gasteiger partial charge in [-0.25, -0.2) is 4.79 Å². The number of halogens is 1. The van der Waals surface area contributed by atoms with Crippen LogP contribution in [0.25, 0.3) is 0 Å². The van der Waals surface area contributed by atoms with Crippen LogP contribution in [0.15, 0.2) is 18.2 Å². The smallest absolute Gasteiger partial charge is 0.339 e. The van der Waals surface area contributed by atoms with Crippen LogP contribution in [0.2, 0.25) is 5.02 Å². The second-order valence-electron chi connectivity index (χ2n) is 5.05. The van der Waals surface area contributed by atoms with Crippen LogP contribution >= 0.6 is 11.6 Å². The summed E-state index contributed by atoms with van der Waals surface area (Å²) in [5.41, 5.74) is 1.27. The van der Waals surface area contributed by atoms with Gasteiger partial charge in [-0.15, -0.1) is 0 Å². The Morgan fingerprint density at radius 2 is 2.15 bits per heavy atom. The molecule has 2 rings (SSSR count). The van der Waals surface area contributed by atoms with Gasteiger partial charge < -0.3 is 14.8 Å². The van der Waals surface area contributed by atoms with Crippen molar-refractivity contribution in [1.82, 2.24) is 0 Å². The number of ether oxygens (including phenoxy) is 2. The quantitative estimate of drug-likeness (QED) is 0.864. The lowest BCUT2D eigenvalue weighted by Gasteiger charge is -2.29. The van der Waals surface area contributed by atoms with E-state index in [0.717, 1.165) is 31.4 Å². The summed E-state index contributed by atoms with van der Waals surface area (Å²) in [6, 6.07) is 5.70. The third kappa shape index (κ3) is 3.64. The molecule has 0 spiro atoms. The molecule has 1 fully saturated rings. The van der Waals surface area contributed by atoms with Gasteiger partial charge >= 0.3 is 5.97 Å². The average molecular weight is 298 g/mol. The van der Waals surface area contributed by atoms with Gasteiger partial charge in [0.1, 0.15) is 0 Å². The van der Waals surface area contributed by atoms with Crippen molar-refractivity contribution in [3.8, 4) is 0 Å². The molecule has 110 valence electrons. The standard InChI is InChI=1S/C15H20ClNO3/c1-19-12-5-3-4-10(8-12)17-11-6-7-14(16)13(9-11)15(18)20-2/h6-7,9-10,12,17H,3-5,8H2,1-2H3. The Bertz CT molecular complexity index is 478. The Hall–Kier alpha value is -1.26. The SMILES string of the molecule is COC(=O)c1cc(NC2CCCC(OC)C2)ccc1Cl. The van der Waals surface area contributed by atoms with Crippen LogP contribution in [-0.2, 0) is 9.47 Å². The predicted octanol–water partition coefficient (Wildman–Crippen LogP) is 3.50. The zero-order valence-corrected chi connectivity index (χ0v) is 12.6. The van der Waals surface area contributed by atoms with Crippen LogP contribution < -0.4 is 5.32 Å². The molecule has 20 heavy (non-hydrogen) atoms. The number of esters is 1. The number of hydrogen-bond acceptors (Lipinski definition) is 4. The third-order valence-electron chi connectivity index (χ3n) is 3.70. The number of benzene rings is 1. The number of nitrogens with one attached hydrogen (secondary N) is 1.